The molecule has 0 radical (unpaired) electrons. The van der Waals surface area contributed by atoms with E-state index in [-0.39, 0.29) is 28.9 Å². The average molecular weight is 407 g/mol. The lowest BCUT2D eigenvalue weighted by molar-refractivity contribution is -0.116. The third kappa shape index (κ3) is 3.58. The van der Waals surface area contributed by atoms with Gasteiger partial charge in [-0.05, 0) is 49.2 Å². The summed E-state index contributed by atoms with van der Waals surface area (Å²) in [4.78, 5) is 42.1. The van der Waals surface area contributed by atoms with Gasteiger partial charge in [0.25, 0.3) is 5.56 Å². The van der Waals surface area contributed by atoms with Crippen LogP contribution in [0.4, 0.5) is 5.69 Å². The molecule has 1 aromatic heterocycles. The van der Waals surface area contributed by atoms with Crippen LogP contribution in [-0.2, 0) is 11.3 Å². The van der Waals surface area contributed by atoms with E-state index < -0.39 is 0 Å². The van der Waals surface area contributed by atoms with Crippen LogP contribution in [-0.4, -0.2) is 27.0 Å². The largest absolute Gasteiger partial charge is 0.325 e. The third-order valence-corrected chi connectivity index (χ3v) is 6.07. The van der Waals surface area contributed by atoms with Crippen molar-refractivity contribution < 1.29 is 9.59 Å². The number of amides is 1. The monoisotopic (exact) mass is 407 g/mol. The van der Waals surface area contributed by atoms with Gasteiger partial charge in [-0.1, -0.05) is 30.8 Å². The number of nitrogens with one attached hydrogen (secondary N) is 1. The Morgan fingerprint density at radius 2 is 2.00 bits per heavy atom. The van der Waals surface area contributed by atoms with E-state index in [2.05, 4.69) is 10.3 Å². The fourth-order valence-electron chi connectivity index (χ4n) is 3.48. The zero-order valence-electron chi connectivity index (χ0n) is 16.3. The van der Waals surface area contributed by atoms with Crippen LogP contribution >= 0.6 is 11.8 Å². The minimum atomic E-state index is -0.262. The minimum Gasteiger partial charge on any atom is -0.325 e. The highest BCUT2D eigenvalue weighted by molar-refractivity contribution is 7.99. The van der Waals surface area contributed by atoms with Gasteiger partial charge in [0, 0.05) is 17.8 Å². The molecule has 29 heavy (non-hydrogen) atoms. The summed E-state index contributed by atoms with van der Waals surface area (Å²) in [6.45, 7) is 4.38. The molecule has 3 aromatic rings. The van der Waals surface area contributed by atoms with Gasteiger partial charge in [-0.25, -0.2) is 4.98 Å². The van der Waals surface area contributed by atoms with Crippen LogP contribution in [0.3, 0.4) is 0 Å². The second-order valence-corrected chi connectivity index (χ2v) is 8.04. The fourth-order valence-corrected chi connectivity index (χ4v) is 4.40. The molecule has 0 aliphatic carbocycles. The number of aromatic nitrogens is 2. The van der Waals surface area contributed by atoms with Gasteiger partial charge in [-0.15, -0.1) is 0 Å². The van der Waals surface area contributed by atoms with Crippen LogP contribution in [0.2, 0.25) is 0 Å². The van der Waals surface area contributed by atoms with Crippen molar-refractivity contribution in [2.45, 2.75) is 37.9 Å². The molecule has 7 heteroatoms. The molecule has 6 nitrogen and oxygen atoms in total. The number of carbonyl (C=O) groups excluding carboxylic acids is 2. The fraction of sp³-hybridized carbons (Fsp3) is 0.273. The zero-order chi connectivity index (χ0) is 20.5. The Hall–Kier alpha value is -2.93. The number of thioether (sulfide) groups is 1. The molecule has 1 aliphatic rings. The molecular weight excluding hydrogens is 386 g/mol. The van der Waals surface area contributed by atoms with E-state index in [0.29, 0.717) is 28.2 Å². The Kier molecular flexibility index (Phi) is 5.24. The molecule has 0 saturated heterocycles. The highest BCUT2D eigenvalue weighted by Gasteiger charge is 2.27. The molecule has 0 unspecified atom stereocenters. The molecule has 1 N–H and O–H groups in total. The number of nitrogens with zero attached hydrogens (tertiary/aromatic N) is 2. The Morgan fingerprint density at radius 1 is 1.21 bits per heavy atom. The van der Waals surface area contributed by atoms with E-state index in [1.165, 1.54) is 11.8 Å². The predicted octanol–water partition coefficient (Wildman–Crippen LogP) is 3.84. The number of anilines is 1. The van der Waals surface area contributed by atoms with Crippen molar-refractivity contribution in [1.82, 2.24) is 9.55 Å². The van der Waals surface area contributed by atoms with Gasteiger partial charge >= 0.3 is 0 Å². The number of Topliss-reactive ketones (excluding diaryl/α,β-unsaturated/α-hetero) is 1. The first-order valence-electron chi connectivity index (χ1n) is 9.60. The first-order valence-corrected chi connectivity index (χ1v) is 10.6. The topological polar surface area (TPSA) is 81.1 Å². The van der Waals surface area contributed by atoms with Crippen LogP contribution in [0, 0.1) is 0 Å². The van der Waals surface area contributed by atoms with Gasteiger partial charge in [0.15, 0.2) is 10.9 Å². The first-order chi connectivity index (χ1) is 14.0. The number of hydrogen-bond acceptors (Lipinski definition) is 5. The van der Waals surface area contributed by atoms with Crippen molar-refractivity contribution in [3.8, 4) is 0 Å². The quantitative estimate of drug-likeness (QED) is 0.381. The summed E-state index contributed by atoms with van der Waals surface area (Å²) in [6.07, 6.45) is 0.797. The molecule has 0 spiro atoms. The molecule has 0 bridgehead atoms. The summed E-state index contributed by atoms with van der Waals surface area (Å²) in [7, 11) is 0. The lowest BCUT2D eigenvalue weighted by Gasteiger charge is -2.12. The van der Waals surface area contributed by atoms with Crippen LogP contribution in [0.15, 0.2) is 52.4 Å². The van der Waals surface area contributed by atoms with Crippen LogP contribution in [0.5, 0.6) is 0 Å². The second-order valence-electron chi connectivity index (χ2n) is 7.09. The van der Waals surface area contributed by atoms with E-state index in [1.54, 1.807) is 28.8 Å². The van der Waals surface area contributed by atoms with Crippen molar-refractivity contribution in [1.29, 1.82) is 0 Å². The highest BCUT2D eigenvalue weighted by atomic mass is 32.2. The van der Waals surface area contributed by atoms with Crippen LogP contribution in [0.1, 0.15) is 42.1 Å². The summed E-state index contributed by atoms with van der Waals surface area (Å²) in [5.74, 6) is -0.205. The molecule has 2 aromatic carbocycles. The number of rotatable bonds is 6. The molecule has 2 heterocycles. The van der Waals surface area contributed by atoms with Crippen molar-refractivity contribution >= 4 is 40.0 Å². The van der Waals surface area contributed by atoms with Crippen LogP contribution < -0.4 is 10.9 Å². The van der Waals surface area contributed by atoms with E-state index >= 15 is 0 Å². The Bertz CT molecular complexity index is 1190. The normalized spacial score (nSPS) is 15.4. The summed E-state index contributed by atoms with van der Waals surface area (Å²) >= 11 is 1.27. The zero-order valence-corrected chi connectivity index (χ0v) is 17.1. The lowest BCUT2D eigenvalue weighted by atomic mass is 9.99. The summed E-state index contributed by atoms with van der Waals surface area (Å²) in [6, 6.07) is 12.5. The van der Waals surface area contributed by atoms with Gasteiger partial charge in [0.05, 0.1) is 22.6 Å². The number of carbonyl (C=O) groups is 2. The first kappa shape index (κ1) is 19.4. The van der Waals surface area contributed by atoms with Crippen molar-refractivity contribution in [2.75, 3.05) is 11.1 Å². The van der Waals surface area contributed by atoms with Crippen LogP contribution in [0.25, 0.3) is 10.9 Å². The Morgan fingerprint density at radius 3 is 2.79 bits per heavy atom. The van der Waals surface area contributed by atoms with E-state index in [1.807, 2.05) is 32.0 Å². The molecule has 148 valence electrons. The SMILES string of the molecule is CCCn1c(SCC(=O)c2ccc3c(c2)[C@H](C)C(=O)N3)nc2ccccc2c1=O. The number of ketones is 1. The van der Waals surface area contributed by atoms with Crippen molar-refractivity contribution in [2.24, 2.45) is 0 Å². The Labute approximate surface area is 172 Å². The van der Waals surface area contributed by atoms with Gasteiger partial charge in [0.1, 0.15) is 0 Å². The van der Waals surface area contributed by atoms with Gasteiger partial charge < -0.3 is 5.32 Å². The maximum Gasteiger partial charge on any atom is 0.262 e. The summed E-state index contributed by atoms with van der Waals surface area (Å²) in [5.41, 5.74) is 2.72. The number of benzene rings is 2. The standard InChI is InChI=1S/C22H21N3O3S/c1-3-10-25-21(28)15-6-4-5-7-17(15)24-22(25)29-12-19(26)14-8-9-18-16(11-14)13(2)20(27)23-18/h4-9,11,13H,3,10,12H2,1-2H3,(H,23,27)/t13-/m0/s1. The van der Waals surface area contributed by atoms with Crippen molar-refractivity contribution in [3.05, 3.63) is 63.9 Å². The lowest BCUT2D eigenvalue weighted by Crippen LogP contribution is -2.23. The summed E-state index contributed by atoms with van der Waals surface area (Å²) < 4.78 is 1.65. The number of hydrogen-bond donors (Lipinski definition) is 1. The molecule has 4 rings (SSSR count). The van der Waals surface area contributed by atoms with Gasteiger partial charge in [-0.3, -0.25) is 19.0 Å². The molecular formula is C22H21N3O3S. The van der Waals surface area contributed by atoms with Gasteiger partial charge in [-0.2, -0.15) is 0 Å². The molecule has 1 aliphatic heterocycles. The predicted molar refractivity (Wildman–Crippen MR) is 115 cm³/mol. The maximum atomic E-state index is 12.8. The van der Waals surface area contributed by atoms with E-state index in [0.717, 1.165) is 17.7 Å². The molecule has 0 fully saturated rings. The number of para-hydroxylation sites is 1. The molecule has 1 amide bonds. The van der Waals surface area contributed by atoms with E-state index in [4.69, 9.17) is 0 Å². The Balaban J connectivity index is 1.60. The average Bonchev–Trinajstić information content (AvgIpc) is 3.02. The van der Waals surface area contributed by atoms with E-state index in [9.17, 15) is 14.4 Å². The maximum absolute atomic E-state index is 12.8. The summed E-state index contributed by atoms with van der Waals surface area (Å²) in [5, 5.41) is 3.95. The van der Waals surface area contributed by atoms with Gasteiger partial charge in [0.2, 0.25) is 5.91 Å². The molecule has 0 saturated carbocycles. The smallest absolute Gasteiger partial charge is 0.262 e. The highest BCUT2D eigenvalue weighted by Crippen LogP contribution is 2.33. The second kappa shape index (κ2) is 7.83. The number of fused-ring (bicyclic) bond motifs is 2. The van der Waals surface area contributed by atoms with Crippen molar-refractivity contribution in [3.63, 3.8) is 0 Å². The minimum absolute atomic E-state index is 0.0529. The molecule has 1 atom stereocenters. The third-order valence-electron chi connectivity index (χ3n) is 5.10.